The van der Waals surface area contributed by atoms with Crippen molar-refractivity contribution in [1.82, 2.24) is 10.2 Å². The van der Waals surface area contributed by atoms with Gasteiger partial charge in [0.05, 0.1) is 6.04 Å². The lowest BCUT2D eigenvalue weighted by Crippen LogP contribution is -2.45. The van der Waals surface area contributed by atoms with Gasteiger partial charge >= 0.3 is 5.97 Å². The van der Waals surface area contributed by atoms with E-state index >= 15 is 0 Å². The summed E-state index contributed by atoms with van der Waals surface area (Å²) in [6.45, 7) is 0. The molecule has 1 rings (SSSR count). The molecule has 2 N–H and O–H groups in total. The van der Waals surface area contributed by atoms with Crippen molar-refractivity contribution >= 4 is 21.9 Å². The van der Waals surface area contributed by atoms with Crippen molar-refractivity contribution < 1.29 is 9.90 Å². The molecule has 2 unspecified atom stereocenters. The fourth-order valence-electron chi connectivity index (χ4n) is 1.90. The largest absolute Gasteiger partial charge is 0.480 e. The summed E-state index contributed by atoms with van der Waals surface area (Å²) in [6, 6.07) is 6.85. The van der Waals surface area contributed by atoms with Crippen LogP contribution in [0.2, 0.25) is 0 Å². The molecular weight excluding hydrogens is 284 g/mol. The average molecular weight is 301 g/mol. The van der Waals surface area contributed by atoms with Crippen LogP contribution in [0.4, 0.5) is 0 Å². The summed E-state index contributed by atoms with van der Waals surface area (Å²) in [4.78, 5) is 13.1. The fourth-order valence-corrected chi connectivity index (χ4v) is 2.31. The Morgan fingerprint density at radius 3 is 2.53 bits per heavy atom. The molecule has 0 radical (unpaired) electrons. The van der Waals surface area contributed by atoms with Crippen molar-refractivity contribution in [2.24, 2.45) is 0 Å². The van der Waals surface area contributed by atoms with Gasteiger partial charge in [-0.25, -0.2) is 0 Å². The minimum absolute atomic E-state index is 0.213. The number of aliphatic carboxylic acids is 1. The van der Waals surface area contributed by atoms with E-state index in [0.29, 0.717) is 0 Å². The van der Waals surface area contributed by atoms with Crippen molar-refractivity contribution in [3.8, 4) is 0 Å². The second-order valence-electron chi connectivity index (χ2n) is 4.07. The van der Waals surface area contributed by atoms with Gasteiger partial charge in [-0.3, -0.25) is 4.79 Å². The molecule has 4 nitrogen and oxygen atoms in total. The van der Waals surface area contributed by atoms with Gasteiger partial charge < -0.3 is 15.3 Å². The summed E-state index contributed by atoms with van der Waals surface area (Å²) in [5, 5.41) is 12.1. The third kappa shape index (κ3) is 3.52. The van der Waals surface area contributed by atoms with Gasteiger partial charge in [0, 0.05) is 4.47 Å². The normalized spacial score (nSPS) is 14.6. The Balaban J connectivity index is 3.12. The van der Waals surface area contributed by atoms with Crippen molar-refractivity contribution in [1.29, 1.82) is 0 Å². The van der Waals surface area contributed by atoms with Crippen LogP contribution < -0.4 is 5.32 Å². The number of hydrogen-bond acceptors (Lipinski definition) is 3. The van der Waals surface area contributed by atoms with Crippen LogP contribution in [0, 0.1) is 0 Å². The fraction of sp³-hybridized carbons (Fsp3) is 0.417. The third-order valence-corrected chi connectivity index (χ3v) is 3.13. The molecule has 0 aromatic heterocycles. The van der Waals surface area contributed by atoms with Gasteiger partial charge in [-0.15, -0.1) is 0 Å². The number of halogens is 1. The monoisotopic (exact) mass is 300 g/mol. The van der Waals surface area contributed by atoms with Crippen LogP contribution in [-0.2, 0) is 4.79 Å². The van der Waals surface area contributed by atoms with E-state index in [1.54, 1.807) is 7.05 Å². The van der Waals surface area contributed by atoms with Crippen LogP contribution in [-0.4, -0.2) is 43.2 Å². The number of carboxylic acids is 1. The smallest absolute Gasteiger partial charge is 0.322 e. The first-order chi connectivity index (χ1) is 7.97. The number of rotatable bonds is 5. The van der Waals surface area contributed by atoms with Crippen LogP contribution in [0.25, 0.3) is 0 Å². The summed E-state index contributed by atoms with van der Waals surface area (Å²) in [7, 11) is 5.41. The average Bonchev–Trinajstić information content (AvgIpc) is 2.24. The highest BCUT2D eigenvalue weighted by Gasteiger charge is 2.29. The summed E-state index contributed by atoms with van der Waals surface area (Å²) >= 11 is 3.40. The predicted molar refractivity (Wildman–Crippen MR) is 71.1 cm³/mol. The molecule has 0 saturated carbocycles. The Morgan fingerprint density at radius 2 is 2.12 bits per heavy atom. The lowest BCUT2D eigenvalue weighted by atomic mass is 9.98. The third-order valence-electron chi connectivity index (χ3n) is 2.64. The van der Waals surface area contributed by atoms with E-state index in [-0.39, 0.29) is 6.04 Å². The first kappa shape index (κ1) is 14.2. The maximum atomic E-state index is 11.2. The van der Waals surface area contributed by atoms with Crippen LogP contribution in [0.15, 0.2) is 28.7 Å². The number of nitrogens with zero attached hydrogens (tertiary/aromatic N) is 1. The van der Waals surface area contributed by atoms with Crippen molar-refractivity contribution in [2.75, 3.05) is 21.1 Å². The molecule has 5 heteroatoms. The van der Waals surface area contributed by atoms with Gasteiger partial charge in [0.15, 0.2) is 0 Å². The molecule has 0 aliphatic carbocycles. The van der Waals surface area contributed by atoms with Gasteiger partial charge in [-0.2, -0.15) is 0 Å². The second kappa shape index (κ2) is 6.14. The molecule has 1 aromatic rings. The topological polar surface area (TPSA) is 52.6 Å². The molecule has 0 amide bonds. The summed E-state index contributed by atoms with van der Waals surface area (Å²) in [5.74, 6) is -0.855. The van der Waals surface area contributed by atoms with Gasteiger partial charge in [-0.1, -0.05) is 28.1 Å². The molecule has 17 heavy (non-hydrogen) atoms. The number of nitrogens with one attached hydrogen (secondary N) is 1. The SMILES string of the molecule is CNC(C(=O)O)C(c1cccc(Br)c1)N(C)C. The van der Waals surface area contributed by atoms with Crippen molar-refractivity contribution in [3.05, 3.63) is 34.3 Å². The number of carboxylic acid groups (broad SMARTS) is 1. The Morgan fingerprint density at radius 1 is 1.47 bits per heavy atom. The molecule has 94 valence electrons. The standard InChI is InChI=1S/C12H17BrN2O2/c1-14-10(12(16)17)11(15(2)3)8-5-4-6-9(13)7-8/h4-7,10-11,14H,1-3H3,(H,16,17). The zero-order valence-electron chi connectivity index (χ0n) is 10.1. The summed E-state index contributed by atoms with van der Waals surface area (Å²) in [5.41, 5.74) is 0.964. The molecule has 0 heterocycles. The van der Waals surface area contributed by atoms with Gasteiger partial charge in [0.2, 0.25) is 0 Å². The molecule has 0 fully saturated rings. The molecule has 1 aromatic carbocycles. The molecule has 0 spiro atoms. The quantitative estimate of drug-likeness (QED) is 0.869. The van der Waals surface area contributed by atoms with Crippen LogP contribution in [0.1, 0.15) is 11.6 Å². The number of carbonyl (C=O) groups is 1. The van der Waals surface area contributed by atoms with E-state index in [2.05, 4.69) is 21.2 Å². The minimum atomic E-state index is -0.855. The van der Waals surface area contributed by atoms with Crippen LogP contribution in [0.3, 0.4) is 0 Å². The lowest BCUT2D eigenvalue weighted by Gasteiger charge is -2.30. The van der Waals surface area contributed by atoms with Crippen LogP contribution >= 0.6 is 15.9 Å². The molecular formula is C12H17BrN2O2. The summed E-state index contributed by atoms with van der Waals surface area (Å²) < 4.78 is 0.946. The Bertz CT molecular complexity index is 396. The van der Waals surface area contributed by atoms with Gasteiger partial charge in [0.25, 0.3) is 0 Å². The first-order valence-corrected chi connectivity index (χ1v) is 6.08. The molecule has 0 aliphatic heterocycles. The minimum Gasteiger partial charge on any atom is -0.480 e. The van der Waals surface area contributed by atoms with E-state index in [0.717, 1.165) is 10.0 Å². The molecule has 2 atom stereocenters. The number of hydrogen-bond donors (Lipinski definition) is 2. The van der Waals surface area contributed by atoms with Crippen LogP contribution in [0.5, 0.6) is 0 Å². The van der Waals surface area contributed by atoms with Gasteiger partial charge in [0.1, 0.15) is 6.04 Å². The van der Waals surface area contributed by atoms with E-state index < -0.39 is 12.0 Å². The number of likely N-dealkylation sites (N-methyl/N-ethyl adjacent to an activating group) is 2. The number of benzene rings is 1. The maximum absolute atomic E-state index is 11.2. The van der Waals surface area contributed by atoms with Crippen molar-refractivity contribution in [3.63, 3.8) is 0 Å². The van der Waals surface area contributed by atoms with Gasteiger partial charge in [-0.05, 0) is 38.8 Å². The Kier molecular flexibility index (Phi) is 5.11. The molecule has 0 saturated heterocycles. The highest BCUT2D eigenvalue weighted by molar-refractivity contribution is 9.10. The second-order valence-corrected chi connectivity index (χ2v) is 4.98. The Hall–Kier alpha value is -0.910. The zero-order valence-corrected chi connectivity index (χ0v) is 11.7. The lowest BCUT2D eigenvalue weighted by molar-refractivity contribution is -0.141. The summed E-state index contributed by atoms with van der Waals surface area (Å²) in [6.07, 6.45) is 0. The molecule has 0 bridgehead atoms. The highest BCUT2D eigenvalue weighted by atomic mass is 79.9. The van der Waals surface area contributed by atoms with Crippen molar-refractivity contribution in [2.45, 2.75) is 12.1 Å². The van der Waals surface area contributed by atoms with E-state index in [1.165, 1.54) is 0 Å². The van der Waals surface area contributed by atoms with E-state index in [4.69, 9.17) is 0 Å². The zero-order chi connectivity index (χ0) is 13.0. The Labute approximate surface area is 110 Å². The highest BCUT2D eigenvalue weighted by Crippen LogP contribution is 2.25. The van der Waals surface area contributed by atoms with E-state index in [1.807, 2.05) is 43.3 Å². The van der Waals surface area contributed by atoms with E-state index in [9.17, 15) is 9.90 Å². The first-order valence-electron chi connectivity index (χ1n) is 5.29. The maximum Gasteiger partial charge on any atom is 0.322 e. The molecule has 0 aliphatic rings. The predicted octanol–water partition coefficient (Wildman–Crippen LogP) is 1.72.